The lowest BCUT2D eigenvalue weighted by atomic mass is 9.99. The molecule has 1 aromatic rings. The van der Waals surface area contributed by atoms with Crippen LogP contribution in [0.5, 0.6) is 5.75 Å². The third kappa shape index (κ3) is 5.41. The first-order valence-corrected chi connectivity index (χ1v) is 8.79. The second-order valence-corrected chi connectivity index (χ2v) is 6.32. The largest absolute Gasteiger partial charge is 0.479 e. The van der Waals surface area contributed by atoms with E-state index in [0.29, 0.717) is 12.1 Å². The van der Waals surface area contributed by atoms with Crippen LogP contribution in [0.25, 0.3) is 0 Å². The van der Waals surface area contributed by atoms with Crippen molar-refractivity contribution in [2.75, 3.05) is 6.54 Å². The summed E-state index contributed by atoms with van der Waals surface area (Å²) in [4.78, 5) is 34.6. The lowest BCUT2D eigenvalue weighted by Crippen LogP contribution is -2.61. The number of benzene rings is 1. The number of hydrogen-bond donors (Lipinski definition) is 5. The molecule has 160 valence electrons. The van der Waals surface area contributed by atoms with Gasteiger partial charge in [0.15, 0.2) is 6.10 Å². The molecule has 0 aromatic heterocycles. The lowest BCUT2D eigenvalue weighted by molar-refractivity contribution is -0.271. The number of carboxylic acids is 1. The van der Waals surface area contributed by atoms with Gasteiger partial charge in [-0.2, -0.15) is 0 Å². The van der Waals surface area contributed by atoms with Crippen molar-refractivity contribution in [3.05, 3.63) is 29.3 Å². The van der Waals surface area contributed by atoms with Crippen molar-refractivity contribution in [3.8, 4) is 5.75 Å². The number of esters is 1. The van der Waals surface area contributed by atoms with Crippen molar-refractivity contribution in [2.24, 2.45) is 0 Å². The molecule has 0 saturated carbocycles. The number of amides is 1. The van der Waals surface area contributed by atoms with Crippen molar-refractivity contribution >= 4 is 17.8 Å². The summed E-state index contributed by atoms with van der Waals surface area (Å²) in [5.74, 6) is -2.67. The average molecular weight is 413 g/mol. The van der Waals surface area contributed by atoms with Crippen molar-refractivity contribution in [1.29, 1.82) is 0 Å². The topological polar surface area (TPSA) is 172 Å². The number of rotatable bonds is 7. The summed E-state index contributed by atoms with van der Waals surface area (Å²) >= 11 is 0. The van der Waals surface area contributed by atoms with Crippen LogP contribution in [-0.4, -0.2) is 75.5 Å². The minimum Gasteiger partial charge on any atom is -0.479 e. The maximum absolute atomic E-state index is 12.4. The van der Waals surface area contributed by atoms with Crippen molar-refractivity contribution in [1.82, 2.24) is 5.32 Å². The van der Waals surface area contributed by atoms with E-state index in [-0.39, 0.29) is 17.9 Å². The number of ether oxygens (including phenoxy) is 3. The summed E-state index contributed by atoms with van der Waals surface area (Å²) in [5, 5.41) is 41.4. The van der Waals surface area contributed by atoms with Gasteiger partial charge in [0.1, 0.15) is 30.7 Å². The van der Waals surface area contributed by atoms with Crippen LogP contribution in [0, 0.1) is 0 Å². The third-order valence-electron chi connectivity index (χ3n) is 4.12. The number of carboxylic acid groups (broad SMARTS) is 1. The predicted molar refractivity (Wildman–Crippen MR) is 94.9 cm³/mol. The van der Waals surface area contributed by atoms with E-state index >= 15 is 0 Å². The number of hydrogen-bond acceptors (Lipinski definition) is 9. The average Bonchev–Trinajstić information content (AvgIpc) is 2.67. The second kappa shape index (κ2) is 9.65. The zero-order valence-electron chi connectivity index (χ0n) is 15.8. The third-order valence-corrected chi connectivity index (χ3v) is 4.12. The maximum atomic E-state index is 12.4. The van der Waals surface area contributed by atoms with Crippen molar-refractivity contribution in [2.45, 2.75) is 51.2 Å². The summed E-state index contributed by atoms with van der Waals surface area (Å²) in [5.41, 5.74) is 0.498. The molecule has 0 unspecified atom stereocenters. The zero-order chi connectivity index (χ0) is 21.7. The Morgan fingerprint density at radius 1 is 1.14 bits per heavy atom. The van der Waals surface area contributed by atoms with Crippen LogP contribution in [0.3, 0.4) is 0 Å². The lowest BCUT2D eigenvalue weighted by Gasteiger charge is -2.38. The van der Waals surface area contributed by atoms with Crippen molar-refractivity contribution < 1.29 is 49.0 Å². The molecule has 11 nitrogen and oxygen atoms in total. The number of carbonyl (C=O) groups excluding carboxylic acids is 2. The first kappa shape index (κ1) is 22.6. The molecule has 1 aliphatic heterocycles. The fourth-order valence-corrected chi connectivity index (χ4v) is 2.66. The Hall–Kier alpha value is -2.73. The van der Waals surface area contributed by atoms with Gasteiger partial charge in [-0.25, -0.2) is 4.79 Å². The Morgan fingerprint density at radius 2 is 1.83 bits per heavy atom. The summed E-state index contributed by atoms with van der Waals surface area (Å²) in [6, 6.07) is 4.25. The first-order valence-electron chi connectivity index (χ1n) is 8.79. The van der Waals surface area contributed by atoms with E-state index in [1.807, 2.05) is 0 Å². The predicted octanol–water partition coefficient (Wildman–Crippen LogP) is -1.23. The molecule has 1 saturated heterocycles. The normalized spacial score (nSPS) is 26.4. The quantitative estimate of drug-likeness (QED) is 0.341. The highest BCUT2D eigenvalue weighted by molar-refractivity contribution is 5.97. The van der Waals surface area contributed by atoms with Gasteiger partial charge in [0.25, 0.3) is 5.91 Å². The molecule has 0 radical (unpaired) electrons. The van der Waals surface area contributed by atoms with E-state index in [1.165, 1.54) is 25.1 Å². The highest BCUT2D eigenvalue weighted by atomic mass is 16.7. The molecule has 1 aromatic carbocycles. The molecule has 1 amide bonds. The standard InChI is InChI=1S/C18H23NO10/c1-3-19-16(24)10-6-9(7-27-8(2)20)4-5-11(10)28-18-14(23)12(21)13(22)15(29-18)17(25)26/h4-6,12-15,18,21-23H,3,7H2,1-2H3,(H,19,24)(H,25,26)/t12-,13-,14+,15-,18+/m0/s1. The molecule has 0 spiro atoms. The van der Waals surface area contributed by atoms with E-state index in [1.54, 1.807) is 6.92 Å². The van der Waals surface area contributed by atoms with Crippen molar-refractivity contribution in [3.63, 3.8) is 0 Å². The smallest absolute Gasteiger partial charge is 0.335 e. The van der Waals surface area contributed by atoms with Crippen LogP contribution in [0.15, 0.2) is 18.2 Å². The van der Waals surface area contributed by atoms with Gasteiger partial charge in [0.2, 0.25) is 6.29 Å². The van der Waals surface area contributed by atoms with Gasteiger partial charge in [-0.3, -0.25) is 9.59 Å². The summed E-state index contributed by atoms with van der Waals surface area (Å²) < 4.78 is 15.4. The van der Waals surface area contributed by atoms with E-state index < -0.39 is 48.6 Å². The van der Waals surface area contributed by atoms with E-state index in [0.717, 1.165) is 0 Å². The molecule has 1 fully saturated rings. The number of nitrogens with one attached hydrogen (secondary N) is 1. The Labute approximate surface area is 165 Å². The van der Waals surface area contributed by atoms with E-state index in [4.69, 9.17) is 19.3 Å². The van der Waals surface area contributed by atoms with Gasteiger partial charge >= 0.3 is 11.9 Å². The SMILES string of the molecule is CCNC(=O)c1cc(COC(C)=O)ccc1O[C@@H]1O[C@H](C(=O)O)[C@@H](O)[C@H](O)[C@H]1O. The Kier molecular flexibility index (Phi) is 7.51. The number of carbonyl (C=O) groups is 3. The minimum atomic E-state index is -1.86. The molecule has 2 rings (SSSR count). The summed E-state index contributed by atoms with van der Waals surface area (Å²) in [7, 11) is 0. The molecule has 0 aliphatic carbocycles. The van der Waals surface area contributed by atoms with Gasteiger partial charge in [-0.15, -0.1) is 0 Å². The van der Waals surface area contributed by atoms with Crippen LogP contribution in [0.2, 0.25) is 0 Å². The van der Waals surface area contributed by atoms with Gasteiger partial charge < -0.3 is 40.0 Å². The molecule has 1 aliphatic rings. The van der Waals surface area contributed by atoms with E-state index in [2.05, 4.69) is 5.32 Å². The van der Waals surface area contributed by atoms with Gasteiger partial charge in [0.05, 0.1) is 5.56 Å². The van der Waals surface area contributed by atoms with E-state index in [9.17, 15) is 29.7 Å². The number of aliphatic hydroxyl groups excluding tert-OH is 3. The molecule has 1 heterocycles. The number of aliphatic hydroxyl groups is 3. The van der Waals surface area contributed by atoms with Crippen LogP contribution in [0.4, 0.5) is 0 Å². The molecular weight excluding hydrogens is 390 g/mol. The Morgan fingerprint density at radius 3 is 2.41 bits per heavy atom. The molecule has 11 heteroatoms. The second-order valence-electron chi connectivity index (χ2n) is 6.32. The van der Waals surface area contributed by atoms with Crippen LogP contribution < -0.4 is 10.1 Å². The molecule has 5 N–H and O–H groups in total. The number of aliphatic carboxylic acids is 1. The molecular formula is C18H23NO10. The Bertz CT molecular complexity index is 767. The molecule has 0 bridgehead atoms. The Balaban J connectivity index is 2.30. The van der Waals surface area contributed by atoms with Gasteiger partial charge in [0, 0.05) is 13.5 Å². The monoisotopic (exact) mass is 413 g/mol. The zero-order valence-corrected chi connectivity index (χ0v) is 15.8. The highest BCUT2D eigenvalue weighted by Gasteiger charge is 2.48. The summed E-state index contributed by atoms with van der Waals surface area (Å²) in [6.07, 6.45) is -8.98. The highest BCUT2D eigenvalue weighted by Crippen LogP contribution is 2.28. The van der Waals surface area contributed by atoms with Gasteiger partial charge in [-0.1, -0.05) is 6.07 Å². The maximum Gasteiger partial charge on any atom is 0.335 e. The summed E-state index contributed by atoms with van der Waals surface area (Å²) in [6.45, 7) is 3.16. The van der Waals surface area contributed by atoms with Crippen LogP contribution in [-0.2, 0) is 25.7 Å². The fourth-order valence-electron chi connectivity index (χ4n) is 2.66. The first-order chi connectivity index (χ1) is 13.6. The molecule has 29 heavy (non-hydrogen) atoms. The minimum absolute atomic E-state index is 0.0137. The fraction of sp³-hybridized carbons (Fsp3) is 0.500. The van der Waals surface area contributed by atoms with Gasteiger partial charge in [-0.05, 0) is 24.6 Å². The van der Waals surface area contributed by atoms with Crippen LogP contribution in [0.1, 0.15) is 29.8 Å². The van der Waals surface area contributed by atoms with Crippen LogP contribution >= 0.6 is 0 Å². The molecule has 5 atom stereocenters.